The first-order valence-electron chi connectivity index (χ1n) is 15.7. The smallest absolute Gasteiger partial charge is 0.481 e. The minimum atomic E-state index is -2.29. The van der Waals surface area contributed by atoms with Gasteiger partial charge in [0.05, 0.1) is 6.42 Å². The molecule has 1 fully saturated rings. The van der Waals surface area contributed by atoms with Gasteiger partial charge in [0.2, 0.25) is 17.7 Å². The summed E-state index contributed by atoms with van der Waals surface area (Å²) in [7, 11) is -2.29. The lowest BCUT2D eigenvalue weighted by Crippen LogP contribution is -2.56. The standard InChI is InChI=1S/C35H40N3O9P/c1-24(2)32(37-30(39)20-21-31(40)41)34(43)38-22-12-19-29(38)33(42)36-28(23-25-13-6-3-7-14-25)35(44)47-48(45-26-15-8-4-9-16-26)46-27-17-10-5-11-18-27/h3-11,13-18,24,28-29,32H,12,19-23H2,1-2H3,(H,36,42)(H,37,39)(H,40,41)/t28-,29-,32-/m0/s1. The van der Waals surface area contributed by atoms with E-state index in [0.29, 0.717) is 24.3 Å². The summed E-state index contributed by atoms with van der Waals surface area (Å²) in [5, 5.41) is 14.4. The van der Waals surface area contributed by atoms with E-state index in [9.17, 15) is 24.0 Å². The Balaban J connectivity index is 1.51. The molecule has 4 rings (SSSR count). The lowest BCUT2D eigenvalue weighted by atomic mass is 10.0. The number of nitrogens with one attached hydrogen (secondary N) is 2. The molecule has 0 unspecified atom stereocenters. The maximum atomic E-state index is 13.8. The van der Waals surface area contributed by atoms with Crippen molar-refractivity contribution in [1.29, 1.82) is 0 Å². The van der Waals surface area contributed by atoms with Crippen LogP contribution < -0.4 is 19.7 Å². The molecule has 1 saturated heterocycles. The van der Waals surface area contributed by atoms with E-state index in [1.165, 1.54) is 4.90 Å². The molecule has 254 valence electrons. The number of rotatable bonds is 16. The van der Waals surface area contributed by atoms with Crippen molar-refractivity contribution in [2.24, 2.45) is 5.92 Å². The third-order valence-corrected chi connectivity index (χ3v) is 8.60. The zero-order valence-corrected chi connectivity index (χ0v) is 27.7. The fourth-order valence-electron chi connectivity index (χ4n) is 5.10. The summed E-state index contributed by atoms with van der Waals surface area (Å²) in [6.07, 6.45) is 0.344. The topological polar surface area (TPSA) is 161 Å². The van der Waals surface area contributed by atoms with Crippen molar-refractivity contribution in [3.63, 3.8) is 0 Å². The fraction of sp³-hybridized carbons (Fsp3) is 0.343. The highest BCUT2D eigenvalue weighted by Gasteiger charge is 2.40. The third-order valence-electron chi connectivity index (χ3n) is 7.55. The predicted molar refractivity (Wildman–Crippen MR) is 178 cm³/mol. The maximum absolute atomic E-state index is 13.8. The Bertz CT molecular complexity index is 1480. The van der Waals surface area contributed by atoms with Crippen LogP contribution in [0.4, 0.5) is 0 Å². The molecule has 0 spiro atoms. The molecule has 0 aromatic heterocycles. The molecule has 3 atom stereocenters. The van der Waals surface area contributed by atoms with E-state index in [2.05, 4.69) is 10.6 Å². The van der Waals surface area contributed by atoms with Gasteiger partial charge in [-0.2, -0.15) is 0 Å². The van der Waals surface area contributed by atoms with Gasteiger partial charge in [-0.3, -0.25) is 19.2 Å². The van der Waals surface area contributed by atoms with Crippen LogP contribution in [0.25, 0.3) is 0 Å². The highest BCUT2D eigenvalue weighted by molar-refractivity contribution is 7.43. The lowest BCUT2D eigenvalue weighted by Gasteiger charge is -2.31. The summed E-state index contributed by atoms with van der Waals surface area (Å²) in [5.41, 5.74) is 0.764. The van der Waals surface area contributed by atoms with Crippen molar-refractivity contribution in [2.75, 3.05) is 6.54 Å². The van der Waals surface area contributed by atoms with E-state index < -0.39 is 56.4 Å². The van der Waals surface area contributed by atoms with Crippen molar-refractivity contribution in [3.05, 3.63) is 96.6 Å². The molecular formula is C35H40N3O9P. The predicted octanol–water partition coefficient (Wildman–Crippen LogP) is 4.64. The van der Waals surface area contributed by atoms with Gasteiger partial charge in [0.1, 0.15) is 29.6 Å². The summed E-state index contributed by atoms with van der Waals surface area (Å²) in [4.78, 5) is 66.0. The van der Waals surface area contributed by atoms with Crippen LogP contribution in [0, 0.1) is 5.92 Å². The van der Waals surface area contributed by atoms with Crippen LogP contribution in [0.15, 0.2) is 91.0 Å². The van der Waals surface area contributed by atoms with Crippen molar-refractivity contribution in [2.45, 2.75) is 64.1 Å². The lowest BCUT2D eigenvalue weighted by molar-refractivity contribution is -0.144. The summed E-state index contributed by atoms with van der Waals surface area (Å²) < 4.78 is 17.6. The highest BCUT2D eigenvalue weighted by atomic mass is 31.2. The summed E-state index contributed by atoms with van der Waals surface area (Å²) in [6.45, 7) is 3.79. The fourth-order valence-corrected chi connectivity index (χ4v) is 6.07. The molecule has 1 aliphatic rings. The van der Waals surface area contributed by atoms with Gasteiger partial charge in [-0.1, -0.05) is 80.6 Å². The first-order valence-corrected chi connectivity index (χ1v) is 16.8. The van der Waals surface area contributed by atoms with Crippen molar-refractivity contribution < 1.29 is 42.7 Å². The minimum absolute atomic E-state index is 0.0974. The Morgan fingerprint density at radius 3 is 1.94 bits per heavy atom. The van der Waals surface area contributed by atoms with Gasteiger partial charge in [0.25, 0.3) is 0 Å². The highest BCUT2D eigenvalue weighted by Crippen LogP contribution is 2.42. The number of likely N-dealkylation sites (tertiary alicyclic amines) is 1. The molecule has 3 aromatic carbocycles. The summed E-state index contributed by atoms with van der Waals surface area (Å²) in [6, 6.07) is 23.6. The molecule has 1 heterocycles. The molecule has 13 heteroatoms. The average molecular weight is 678 g/mol. The molecule has 0 radical (unpaired) electrons. The van der Waals surface area contributed by atoms with Crippen LogP contribution in [0.1, 0.15) is 45.1 Å². The zero-order chi connectivity index (χ0) is 34.5. The molecule has 3 N–H and O–H groups in total. The van der Waals surface area contributed by atoms with Crippen molar-refractivity contribution in [3.8, 4) is 11.5 Å². The van der Waals surface area contributed by atoms with E-state index >= 15 is 0 Å². The number of carboxylic acids is 1. The van der Waals surface area contributed by atoms with E-state index in [1.54, 1.807) is 62.4 Å². The SMILES string of the molecule is CC(C)[C@H](NC(=O)CCC(=O)O)C(=O)N1CCC[C@H]1C(=O)N[C@@H](Cc1ccccc1)C(=O)OP(Oc1ccccc1)Oc1ccccc1. The minimum Gasteiger partial charge on any atom is -0.481 e. The number of carbonyl (C=O) groups excluding carboxylic acids is 4. The molecule has 3 aromatic rings. The van der Waals surface area contributed by atoms with Crippen molar-refractivity contribution in [1.82, 2.24) is 15.5 Å². The molecule has 0 aliphatic carbocycles. The van der Waals surface area contributed by atoms with Gasteiger partial charge in [-0.25, -0.2) is 4.79 Å². The Morgan fingerprint density at radius 1 is 0.833 bits per heavy atom. The van der Waals surface area contributed by atoms with Crippen LogP contribution in [-0.4, -0.2) is 64.3 Å². The number of amides is 3. The second kappa shape index (κ2) is 17.8. The largest absolute Gasteiger partial charge is 0.532 e. The first kappa shape index (κ1) is 35.9. The molecular weight excluding hydrogens is 637 g/mol. The summed E-state index contributed by atoms with van der Waals surface area (Å²) >= 11 is 0. The van der Waals surface area contributed by atoms with Gasteiger partial charge in [0.15, 0.2) is 0 Å². The Kier molecular flexibility index (Phi) is 13.3. The molecule has 0 saturated carbocycles. The number of benzene rings is 3. The van der Waals surface area contributed by atoms with Crippen LogP contribution in [0.2, 0.25) is 0 Å². The van der Waals surface area contributed by atoms with Crippen molar-refractivity contribution >= 4 is 38.3 Å². The summed E-state index contributed by atoms with van der Waals surface area (Å²) in [5.74, 6) is -2.96. The Hall–Kier alpha value is -4.96. The molecule has 0 bridgehead atoms. The molecule has 48 heavy (non-hydrogen) atoms. The number of nitrogens with zero attached hydrogens (tertiary/aromatic N) is 1. The third kappa shape index (κ3) is 10.8. The zero-order valence-electron chi connectivity index (χ0n) is 26.8. The van der Waals surface area contributed by atoms with E-state index in [0.717, 1.165) is 5.56 Å². The van der Waals surface area contributed by atoms with Gasteiger partial charge in [0, 0.05) is 19.4 Å². The Morgan fingerprint density at radius 2 is 1.40 bits per heavy atom. The first-order chi connectivity index (χ1) is 23.1. The van der Waals surface area contributed by atoms with Gasteiger partial charge < -0.3 is 34.2 Å². The second-order valence-electron chi connectivity index (χ2n) is 11.6. The monoisotopic (exact) mass is 677 g/mol. The van der Waals surface area contributed by atoms with E-state index in [1.807, 2.05) is 42.5 Å². The number of hydrogen-bond acceptors (Lipinski definition) is 8. The van der Waals surface area contributed by atoms with Crippen LogP contribution in [0.5, 0.6) is 11.5 Å². The maximum Gasteiger partial charge on any atom is 0.532 e. The van der Waals surface area contributed by atoms with Crippen LogP contribution >= 0.6 is 8.60 Å². The van der Waals surface area contributed by atoms with Crippen LogP contribution in [-0.2, 0) is 34.9 Å². The molecule has 1 aliphatic heterocycles. The number of carbonyl (C=O) groups is 5. The van der Waals surface area contributed by atoms with E-state index in [4.69, 9.17) is 18.7 Å². The quantitative estimate of drug-likeness (QED) is 0.184. The van der Waals surface area contributed by atoms with Gasteiger partial charge in [-0.15, -0.1) is 0 Å². The van der Waals surface area contributed by atoms with E-state index in [-0.39, 0.29) is 31.7 Å². The van der Waals surface area contributed by atoms with Crippen LogP contribution in [0.3, 0.4) is 0 Å². The van der Waals surface area contributed by atoms with Gasteiger partial charge in [-0.05, 0) is 48.6 Å². The molecule has 3 amide bonds. The molecule has 12 nitrogen and oxygen atoms in total. The number of aliphatic carboxylic acids is 1. The normalized spacial score (nSPS) is 15.3. The number of hydrogen-bond donors (Lipinski definition) is 3. The second-order valence-corrected chi connectivity index (χ2v) is 12.6. The number of para-hydroxylation sites is 2. The number of carboxylic acid groups (broad SMARTS) is 1. The average Bonchev–Trinajstić information content (AvgIpc) is 3.57. The van der Waals surface area contributed by atoms with Gasteiger partial charge >= 0.3 is 20.5 Å². The Labute approximate surface area is 280 Å².